The summed E-state index contributed by atoms with van der Waals surface area (Å²) in [5, 5.41) is 3.06. The van der Waals surface area contributed by atoms with Crippen molar-refractivity contribution < 1.29 is 13.2 Å². The van der Waals surface area contributed by atoms with Crippen molar-refractivity contribution in [3.05, 3.63) is 66.4 Å². The van der Waals surface area contributed by atoms with Gasteiger partial charge < -0.3 is 9.88 Å². The minimum absolute atomic E-state index is 0.0448. The molecule has 1 unspecified atom stereocenters. The molecule has 3 heterocycles. The first kappa shape index (κ1) is 19.8. The number of hydrogen-bond acceptors (Lipinski definition) is 5. The first-order valence-electron chi connectivity index (χ1n) is 9.45. The van der Waals surface area contributed by atoms with E-state index in [1.165, 1.54) is 12.4 Å². The zero-order valence-corrected chi connectivity index (χ0v) is 16.4. The molecular formula is C21H19F3N6. The lowest BCUT2D eigenvalue weighted by Gasteiger charge is -2.17. The Bertz CT molecular complexity index is 1170. The maximum absolute atomic E-state index is 13.4. The summed E-state index contributed by atoms with van der Waals surface area (Å²) in [7, 11) is 0. The molecule has 4 rings (SSSR count). The van der Waals surface area contributed by atoms with E-state index in [0.717, 1.165) is 17.1 Å². The van der Waals surface area contributed by atoms with Crippen molar-refractivity contribution in [3.8, 4) is 11.4 Å². The molecule has 0 spiro atoms. The van der Waals surface area contributed by atoms with Crippen LogP contribution in [0.3, 0.4) is 0 Å². The lowest BCUT2D eigenvalue weighted by atomic mass is 10.2. The van der Waals surface area contributed by atoms with E-state index in [9.17, 15) is 13.2 Å². The fourth-order valence-corrected chi connectivity index (χ4v) is 3.33. The second kappa shape index (κ2) is 7.74. The Morgan fingerprint density at radius 1 is 1.07 bits per heavy atom. The van der Waals surface area contributed by atoms with Gasteiger partial charge in [-0.05, 0) is 38.1 Å². The van der Waals surface area contributed by atoms with E-state index in [1.807, 2.05) is 42.7 Å². The molecule has 0 saturated carbocycles. The van der Waals surface area contributed by atoms with Gasteiger partial charge in [0.2, 0.25) is 0 Å². The molecule has 9 heteroatoms. The molecular weight excluding hydrogens is 393 g/mol. The molecule has 154 valence electrons. The summed E-state index contributed by atoms with van der Waals surface area (Å²) in [6.07, 6.45) is -1.64. The monoisotopic (exact) mass is 412 g/mol. The second-order valence-electron chi connectivity index (χ2n) is 6.77. The van der Waals surface area contributed by atoms with Gasteiger partial charge in [0.25, 0.3) is 0 Å². The number of benzene rings is 1. The number of nitrogens with zero attached hydrogens (tertiary/aromatic N) is 5. The number of imidazole rings is 1. The number of aryl methyl sites for hydroxylation is 1. The van der Waals surface area contributed by atoms with Crippen LogP contribution in [0.1, 0.15) is 31.4 Å². The smallest absolute Gasteiger partial charge is 0.360 e. The van der Waals surface area contributed by atoms with Crippen LogP contribution in [-0.4, -0.2) is 24.5 Å². The number of anilines is 1. The number of nitrogens with one attached hydrogen (secondary N) is 1. The lowest BCUT2D eigenvalue weighted by molar-refractivity contribution is -0.141. The molecule has 0 aliphatic heterocycles. The quantitative estimate of drug-likeness (QED) is 0.494. The molecule has 0 aliphatic rings. The Kier molecular flexibility index (Phi) is 5.11. The van der Waals surface area contributed by atoms with Crippen molar-refractivity contribution in [3.63, 3.8) is 0 Å². The summed E-state index contributed by atoms with van der Waals surface area (Å²) in [6, 6.07) is 11.5. The molecule has 3 aromatic heterocycles. The summed E-state index contributed by atoms with van der Waals surface area (Å²) in [6.45, 7) is 4.52. The predicted octanol–water partition coefficient (Wildman–Crippen LogP) is 5.10. The summed E-state index contributed by atoms with van der Waals surface area (Å²) in [5.41, 5.74) is 1.19. The van der Waals surface area contributed by atoms with Crippen molar-refractivity contribution >= 4 is 16.9 Å². The number of halogens is 3. The number of rotatable bonds is 5. The Labute approximate surface area is 170 Å². The molecule has 0 radical (unpaired) electrons. The fourth-order valence-electron chi connectivity index (χ4n) is 3.33. The normalized spacial score (nSPS) is 12.8. The highest BCUT2D eigenvalue weighted by atomic mass is 19.4. The topological polar surface area (TPSA) is 68.5 Å². The molecule has 0 saturated heterocycles. The number of alkyl halides is 3. The average Bonchev–Trinajstić information content (AvgIpc) is 3.12. The maximum Gasteiger partial charge on any atom is 0.433 e. The van der Waals surface area contributed by atoms with Crippen LogP contribution in [0.2, 0.25) is 0 Å². The molecule has 30 heavy (non-hydrogen) atoms. The third kappa shape index (κ3) is 3.83. The van der Waals surface area contributed by atoms with Crippen LogP contribution in [0, 0.1) is 0 Å². The van der Waals surface area contributed by atoms with Gasteiger partial charge >= 0.3 is 6.18 Å². The van der Waals surface area contributed by atoms with Gasteiger partial charge in [-0.3, -0.25) is 4.98 Å². The zero-order valence-electron chi connectivity index (χ0n) is 16.4. The molecule has 1 aromatic carbocycles. The van der Waals surface area contributed by atoms with Crippen molar-refractivity contribution in [1.29, 1.82) is 0 Å². The van der Waals surface area contributed by atoms with E-state index in [1.54, 1.807) is 12.1 Å². The minimum atomic E-state index is -4.60. The van der Waals surface area contributed by atoms with Crippen LogP contribution in [-0.2, 0) is 12.7 Å². The summed E-state index contributed by atoms with van der Waals surface area (Å²) < 4.78 is 42.3. The highest BCUT2D eigenvalue weighted by molar-refractivity contribution is 5.76. The number of fused-ring (bicyclic) bond motifs is 1. The van der Waals surface area contributed by atoms with E-state index < -0.39 is 11.9 Å². The third-order valence-corrected chi connectivity index (χ3v) is 4.69. The molecule has 1 atom stereocenters. The van der Waals surface area contributed by atoms with Crippen molar-refractivity contribution in [2.24, 2.45) is 0 Å². The highest BCUT2D eigenvalue weighted by Gasteiger charge is 2.34. The van der Waals surface area contributed by atoms with Gasteiger partial charge in [-0.2, -0.15) is 13.2 Å². The Morgan fingerprint density at radius 3 is 2.57 bits per heavy atom. The average molecular weight is 412 g/mol. The SMILES string of the molecule is CCn1c(C(C)Nc2cc(C(F)(F)F)nc(-c3cccnc3)n2)nc2ccccc21. The molecule has 0 aliphatic carbocycles. The van der Waals surface area contributed by atoms with E-state index in [4.69, 9.17) is 0 Å². The van der Waals surface area contributed by atoms with E-state index in [0.29, 0.717) is 17.9 Å². The summed E-state index contributed by atoms with van der Waals surface area (Å²) in [5.74, 6) is 0.740. The van der Waals surface area contributed by atoms with Crippen molar-refractivity contribution in [2.75, 3.05) is 5.32 Å². The van der Waals surface area contributed by atoms with Gasteiger partial charge in [0.1, 0.15) is 11.6 Å². The van der Waals surface area contributed by atoms with Crippen LogP contribution >= 0.6 is 0 Å². The van der Waals surface area contributed by atoms with Gasteiger partial charge in [0, 0.05) is 30.6 Å². The van der Waals surface area contributed by atoms with E-state index in [2.05, 4.69) is 25.3 Å². The number of aromatic nitrogens is 5. The van der Waals surface area contributed by atoms with E-state index >= 15 is 0 Å². The molecule has 0 bridgehead atoms. The van der Waals surface area contributed by atoms with Crippen LogP contribution in [0.25, 0.3) is 22.4 Å². The number of para-hydroxylation sites is 2. The lowest BCUT2D eigenvalue weighted by Crippen LogP contribution is -2.16. The number of hydrogen-bond donors (Lipinski definition) is 1. The van der Waals surface area contributed by atoms with Crippen LogP contribution < -0.4 is 5.32 Å². The Balaban J connectivity index is 1.74. The first-order chi connectivity index (χ1) is 14.4. The largest absolute Gasteiger partial charge is 0.433 e. The minimum Gasteiger partial charge on any atom is -0.360 e. The first-order valence-corrected chi connectivity index (χ1v) is 9.45. The van der Waals surface area contributed by atoms with Gasteiger partial charge in [0.05, 0.1) is 17.1 Å². The summed E-state index contributed by atoms with van der Waals surface area (Å²) >= 11 is 0. The standard InChI is InChI=1S/C21H19F3N6/c1-3-30-16-9-5-4-8-15(16)27-20(30)13(2)26-18-11-17(21(22,23)24)28-19(29-18)14-7-6-10-25-12-14/h4-13H,3H2,1-2H3,(H,26,28,29). The third-order valence-electron chi connectivity index (χ3n) is 4.69. The molecule has 0 fully saturated rings. The van der Waals surface area contributed by atoms with Gasteiger partial charge in [-0.1, -0.05) is 12.1 Å². The van der Waals surface area contributed by atoms with Crippen LogP contribution in [0.15, 0.2) is 54.9 Å². The van der Waals surface area contributed by atoms with E-state index in [-0.39, 0.29) is 17.7 Å². The Morgan fingerprint density at radius 2 is 1.87 bits per heavy atom. The molecule has 6 nitrogen and oxygen atoms in total. The van der Waals surface area contributed by atoms with Gasteiger partial charge in [-0.15, -0.1) is 0 Å². The Hall–Kier alpha value is -3.49. The van der Waals surface area contributed by atoms with Crippen molar-refractivity contribution in [2.45, 2.75) is 32.6 Å². The zero-order chi connectivity index (χ0) is 21.3. The number of pyridine rings is 1. The molecule has 0 amide bonds. The van der Waals surface area contributed by atoms with Gasteiger partial charge in [0.15, 0.2) is 11.5 Å². The highest BCUT2D eigenvalue weighted by Crippen LogP contribution is 2.32. The van der Waals surface area contributed by atoms with Gasteiger partial charge in [-0.25, -0.2) is 15.0 Å². The fraction of sp³-hybridized carbons (Fsp3) is 0.238. The predicted molar refractivity (Wildman–Crippen MR) is 108 cm³/mol. The van der Waals surface area contributed by atoms with Crippen LogP contribution in [0.4, 0.5) is 19.0 Å². The van der Waals surface area contributed by atoms with Crippen LogP contribution in [0.5, 0.6) is 0 Å². The molecule has 4 aromatic rings. The summed E-state index contributed by atoms with van der Waals surface area (Å²) in [4.78, 5) is 16.6. The maximum atomic E-state index is 13.4. The molecule has 1 N–H and O–H groups in total. The second-order valence-corrected chi connectivity index (χ2v) is 6.77. The van der Waals surface area contributed by atoms with Crippen molar-refractivity contribution in [1.82, 2.24) is 24.5 Å².